The molecule has 3 rings (SSSR count). The number of benzene rings is 1. The van der Waals surface area contributed by atoms with Gasteiger partial charge in [0.15, 0.2) is 0 Å². The predicted octanol–water partition coefficient (Wildman–Crippen LogP) is 1.77. The molecular formula is C15H21N3O2. The monoisotopic (exact) mass is 275 g/mol. The molecule has 0 bridgehead atoms. The van der Waals surface area contributed by atoms with Crippen molar-refractivity contribution in [1.82, 2.24) is 4.90 Å². The Balaban J connectivity index is 1.79. The van der Waals surface area contributed by atoms with Crippen LogP contribution in [0.1, 0.15) is 24.2 Å². The Morgan fingerprint density at radius 2 is 1.80 bits per heavy atom. The Bertz CT molecular complexity index is 508. The Labute approximate surface area is 119 Å². The van der Waals surface area contributed by atoms with Crippen molar-refractivity contribution in [2.24, 2.45) is 0 Å². The Morgan fingerprint density at radius 1 is 1.15 bits per heavy atom. The molecule has 2 aliphatic heterocycles. The summed E-state index contributed by atoms with van der Waals surface area (Å²) in [6.45, 7) is 7.13. The molecule has 5 nitrogen and oxygen atoms in total. The quantitative estimate of drug-likeness (QED) is 0.820. The summed E-state index contributed by atoms with van der Waals surface area (Å²) in [4.78, 5) is 14.5. The minimum absolute atomic E-state index is 0.0853. The number of rotatable bonds is 1. The zero-order chi connectivity index (χ0) is 14.1. The molecule has 2 atom stereocenters. The molecule has 1 aromatic rings. The molecule has 0 saturated carbocycles. The maximum Gasteiger partial charge on any atom is 0.254 e. The molecule has 2 heterocycles. The van der Waals surface area contributed by atoms with Crippen LogP contribution in [0.2, 0.25) is 0 Å². The second kappa shape index (κ2) is 5.32. The molecule has 1 saturated heterocycles. The highest BCUT2D eigenvalue weighted by molar-refractivity contribution is 5.96. The highest BCUT2D eigenvalue weighted by Crippen LogP contribution is 2.26. The number of carbonyl (C=O) groups is 1. The van der Waals surface area contributed by atoms with Gasteiger partial charge in [0.25, 0.3) is 5.91 Å². The van der Waals surface area contributed by atoms with Gasteiger partial charge in [-0.1, -0.05) is 0 Å². The van der Waals surface area contributed by atoms with E-state index in [4.69, 9.17) is 4.74 Å². The van der Waals surface area contributed by atoms with Gasteiger partial charge in [-0.15, -0.1) is 0 Å². The van der Waals surface area contributed by atoms with Crippen LogP contribution in [0.3, 0.4) is 0 Å². The SMILES string of the molecule is CC1CN(C(=O)c2ccc3c(c2)NCCN3)CC(C)O1. The molecule has 2 unspecified atom stereocenters. The smallest absolute Gasteiger partial charge is 0.254 e. The first-order chi connectivity index (χ1) is 9.63. The normalized spacial score (nSPS) is 25.4. The zero-order valence-corrected chi connectivity index (χ0v) is 12.0. The second-order valence-electron chi connectivity index (χ2n) is 5.58. The molecule has 20 heavy (non-hydrogen) atoms. The lowest BCUT2D eigenvalue weighted by molar-refractivity contribution is -0.0586. The van der Waals surface area contributed by atoms with E-state index in [2.05, 4.69) is 10.6 Å². The molecule has 5 heteroatoms. The molecular weight excluding hydrogens is 254 g/mol. The number of nitrogens with zero attached hydrogens (tertiary/aromatic N) is 1. The lowest BCUT2D eigenvalue weighted by Crippen LogP contribution is -2.48. The number of hydrogen-bond donors (Lipinski definition) is 2. The van der Waals surface area contributed by atoms with Crippen molar-refractivity contribution in [1.29, 1.82) is 0 Å². The lowest BCUT2D eigenvalue weighted by atomic mass is 10.1. The largest absolute Gasteiger partial charge is 0.382 e. The van der Waals surface area contributed by atoms with Gasteiger partial charge in [0, 0.05) is 31.7 Å². The van der Waals surface area contributed by atoms with Crippen molar-refractivity contribution < 1.29 is 9.53 Å². The van der Waals surface area contributed by atoms with Gasteiger partial charge in [0.1, 0.15) is 0 Å². The van der Waals surface area contributed by atoms with E-state index in [1.165, 1.54) is 0 Å². The number of hydrogen-bond acceptors (Lipinski definition) is 4. The van der Waals surface area contributed by atoms with Gasteiger partial charge < -0.3 is 20.3 Å². The van der Waals surface area contributed by atoms with Crippen molar-refractivity contribution in [3.63, 3.8) is 0 Å². The molecule has 0 radical (unpaired) electrons. The summed E-state index contributed by atoms with van der Waals surface area (Å²) < 4.78 is 5.68. The van der Waals surface area contributed by atoms with Crippen molar-refractivity contribution in [2.75, 3.05) is 36.8 Å². The molecule has 1 amide bonds. The number of nitrogens with one attached hydrogen (secondary N) is 2. The summed E-state index contributed by atoms with van der Waals surface area (Å²) in [6.07, 6.45) is 0.195. The number of anilines is 2. The van der Waals surface area contributed by atoms with E-state index in [0.717, 1.165) is 30.0 Å². The van der Waals surface area contributed by atoms with E-state index in [0.29, 0.717) is 13.1 Å². The van der Waals surface area contributed by atoms with Crippen LogP contribution in [0, 0.1) is 0 Å². The first-order valence-corrected chi connectivity index (χ1v) is 7.20. The zero-order valence-electron chi connectivity index (χ0n) is 12.0. The van der Waals surface area contributed by atoms with Gasteiger partial charge in [0.2, 0.25) is 0 Å². The molecule has 1 fully saturated rings. The Hall–Kier alpha value is -1.75. The Kier molecular flexibility index (Phi) is 3.53. The first kappa shape index (κ1) is 13.2. The molecule has 0 spiro atoms. The van der Waals surface area contributed by atoms with Crippen molar-refractivity contribution in [3.8, 4) is 0 Å². The molecule has 1 aromatic carbocycles. The minimum atomic E-state index is 0.0853. The van der Waals surface area contributed by atoms with Crippen LogP contribution in [-0.4, -0.2) is 49.2 Å². The van der Waals surface area contributed by atoms with Crippen LogP contribution in [0.25, 0.3) is 0 Å². The van der Waals surface area contributed by atoms with E-state index in [9.17, 15) is 4.79 Å². The summed E-state index contributed by atoms with van der Waals surface area (Å²) in [5, 5.41) is 6.64. The van der Waals surface area contributed by atoms with E-state index < -0.39 is 0 Å². The van der Waals surface area contributed by atoms with Gasteiger partial charge in [-0.25, -0.2) is 0 Å². The van der Waals surface area contributed by atoms with Crippen LogP contribution >= 0.6 is 0 Å². The van der Waals surface area contributed by atoms with Crippen molar-refractivity contribution in [3.05, 3.63) is 23.8 Å². The fourth-order valence-corrected chi connectivity index (χ4v) is 2.90. The highest BCUT2D eigenvalue weighted by Gasteiger charge is 2.27. The van der Waals surface area contributed by atoms with E-state index in [1.54, 1.807) is 0 Å². The van der Waals surface area contributed by atoms with E-state index in [-0.39, 0.29) is 18.1 Å². The number of carbonyl (C=O) groups excluding carboxylic acids is 1. The number of amides is 1. The number of morpholine rings is 1. The standard InChI is InChI=1S/C15H21N3O2/c1-10-8-18(9-11(2)20-10)15(19)12-3-4-13-14(7-12)17-6-5-16-13/h3-4,7,10-11,16-17H,5-6,8-9H2,1-2H3. The highest BCUT2D eigenvalue weighted by atomic mass is 16.5. The van der Waals surface area contributed by atoms with Crippen molar-refractivity contribution in [2.45, 2.75) is 26.1 Å². The molecule has 0 aliphatic carbocycles. The van der Waals surface area contributed by atoms with Gasteiger partial charge in [-0.05, 0) is 32.0 Å². The third-order valence-corrected chi connectivity index (χ3v) is 3.73. The van der Waals surface area contributed by atoms with Gasteiger partial charge in [0.05, 0.1) is 23.6 Å². The van der Waals surface area contributed by atoms with Crippen LogP contribution in [0.4, 0.5) is 11.4 Å². The summed E-state index contributed by atoms with van der Waals surface area (Å²) >= 11 is 0. The average molecular weight is 275 g/mol. The fourth-order valence-electron chi connectivity index (χ4n) is 2.90. The van der Waals surface area contributed by atoms with E-state index >= 15 is 0 Å². The second-order valence-corrected chi connectivity index (χ2v) is 5.58. The first-order valence-electron chi connectivity index (χ1n) is 7.20. The average Bonchev–Trinajstić information content (AvgIpc) is 2.45. The van der Waals surface area contributed by atoms with Gasteiger partial charge in [-0.3, -0.25) is 4.79 Å². The van der Waals surface area contributed by atoms with Crippen LogP contribution in [0.5, 0.6) is 0 Å². The van der Waals surface area contributed by atoms with Crippen LogP contribution in [0.15, 0.2) is 18.2 Å². The maximum absolute atomic E-state index is 12.6. The molecule has 2 aliphatic rings. The summed E-state index contributed by atoms with van der Waals surface area (Å²) in [7, 11) is 0. The van der Waals surface area contributed by atoms with Crippen LogP contribution in [-0.2, 0) is 4.74 Å². The minimum Gasteiger partial charge on any atom is -0.382 e. The third-order valence-electron chi connectivity index (χ3n) is 3.73. The number of ether oxygens (including phenoxy) is 1. The van der Waals surface area contributed by atoms with Gasteiger partial charge >= 0.3 is 0 Å². The fraction of sp³-hybridized carbons (Fsp3) is 0.533. The van der Waals surface area contributed by atoms with E-state index in [1.807, 2.05) is 36.9 Å². The lowest BCUT2D eigenvalue weighted by Gasteiger charge is -2.35. The summed E-state index contributed by atoms with van der Waals surface area (Å²) in [6, 6.07) is 5.81. The summed E-state index contributed by atoms with van der Waals surface area (Å²) in [5.41, 5.74) is 2.81. The maximum atomic E-state index is 12.6. The summed E-state index contributed by atoms with van der Waals surface area (Å²) in [5.74, 6) is 0.0853. The molecule has 0 aromatic heterocycles. The molecule has 108 valence electrons. The van der Waals surface area contributed by atoms with Crippen molar-refractivity contribution >= 4 is 17.3 Å². The topological polar surface area (TPSA) is 53.6 Å². The third kappa shape index (κ3) is 2.58. The van der Waals surface area contributed by atoms with Crippen LogP contribution < -0.4 is 10.6 Å². The predicted molar refractivity (Wildman–Crippen MR) is 79.3 cm³/mol. The number of fused-ring (bicyclic) bond motifs is 1. The Morgan fingerprint density at radius 3 is 2.50 bits per heavy atom. The molecule has 2 N–H and O–H groups in total. The van der Waals surface area contributed by atoms with Gasteiger partial charge in [-0.2, -0.15) is 0 Å².